The van der Waals surface area contributed by atoms with Crippen LogP contribution in [0.3, 0.4) is 0 Å². The van der Waals surface area contributed by atoms with Gasteiger partial charge in [0, 0.05) is 57.2 Å². The van der Waals surface area contributed by atoms with Gasteiger partial charge in [0.05, 0.1) is 33.7 Å². The summed E-state index contributed by atoms with van der Waals surface area (Å²) >= 11 is 0. The van der Waals surface area contributed by atoms with Gasteiger partial charge >= 0.3 is 0 Å². The molecule has 0 saturated heterocycles. The van der Waals surface area contributed by atoms with Crippen molar-refractivity contribution < 1.29 is 0 Å². The Labute approximate surface area is 315 Å². The summed E-state index contributed by atoms with van der Waals surface area (Å²) < 4.78 is 2.18. The van der Waals surface area contributed by atoms with Crippen molar-refractivity contribution >= 4 is 82.8 Å². The third kappa shape index (κ3) is 4.45. The van der Waals surface area contributed by atoms with Gasteiger partial charge in [-0.2, -0.15) is 0 Å². The van der Waals surface area contributed by atoms with Crippen LogP contribution < -0.4 is 0 Å². The highest BCUT2D eigenvalue weighted by Gasteiger charge is 2.27. The molecule has 256 valence electrons. The van der Waals surface area contributed by atoms with Crippen molar-refractivity contribution in [1.29, 1.82) is 0 Å². The third-order valence-electron chi connectivity index (χ3n) is 11.4. The molecule has 1 aliphatic heterocycles. The molecule has 2 aliphatic rings. The molecule has 0 radical (unpaired) electrons. The lowest BCUT2D eigenvalue weighted by Crippen LogP contribution is -2.21. The molecule has 0 spiro atoms. The Hall–Kier alpha value is -7.31. The second kappa shape index (κ2) is 11.6. The van der Waals surface area contributed by atoms with E-state index in [1.165, 1.54) is 32.7 Å². The van der Waals surface area contributed by atoms with Gasteiger partial charge in [-0.05, 0) is 87.6 Å². The maximum atomic E-state index is 5.40. The van der Waals surface area contributed by atoms with E-state index in [-0.39, 0.29) is 5.92 Å². The Morgan fingerprint density at radius 3 is 2.09 bits per heavy atom. The number of benzene rings is 5. The molecule has 0 amide bonds. The van der Waals surface area contributed by atoms with Crippen LogP contribution in [0.5, 0.6) is 0 Å². The average Bonchev–Trinajstić information content (AvgIpc) is 3.58. The molecule has 0 bridgehead atoms. The van der Waals surface area contributed by atoms with E-state index >= 15 is 0 Å². The number of hydrogen-bond donors (Lipinski definition) is 0. The van der Waals surface area contributed by atoms with Crippen LogP contribution in [0, 0.1) is 5.92 Å². The molecule has 1 unspecified atom stereocenters. The predicted octanol–water partition coefficient (Wildman–Crippen LogP) is 11.5. The molecule has 0 fully saturated rings. The number of aliphatic imine (C=N–C) groups is 1. The molecular formula is C49H30N6. The number of pyridine rings is 4. The van der Waals surface area contributed by atoms with E-state index in [2.05, 4.69) is 132 Å². The number of rotatable bonds is 3. The zero-order valence-electron chi connectivity index (χ0n) is 29.6. The number of allylic oxidation sites excluding steroid dienone is 2. The van der Waals surface area contributed by atoms with Gasteiger partial charge in [-0.1, -0.05) is 97.1 Å². The van der Waals surface area contributed by atoms with Crippen LogP contribution in [0.15, 0.2) is 163 Å². The van der Waals surface area contributed by atoms with Gasteiger partial charge in [0.1, 0.15) is 11.5 Å². The minimum absolute atomic E-state index is 0.229. The smallest absolute Gasteiger partial charge is 0.146 e. The van der Waals surface area contributed by atoms with E-state index in [4.69, 9.17) is 24.9 Å². The van der Waals surface area contributed by atoms with Gasteiger partial charge < -0.3 is 0 Å². The number of nitrogens with zero attached hydrogens (tertiary/aromatic N) is 6. The third-order valence-corrected chi connectivity index (χ3v) is 11.4. The molecule has 6 nitrogen and oxygen atoms in total. The van der Waals surface area contributed by atoms with Gasteiger partial charge in [0.15, 0.2) is 0 Å². The topological polar surface area (TPSA) is 68.8 Å². The maximum Gasteiger partial charge on any atom is 0.146 e. The van der Waals surface area contributed by atoms with Crippen molar-refractivity contribution in [2.45, 2.75) is 6.42 Å². The largest absolute Gasteiger partial charge is 0.278 e. The van der Waals surface area contributed by atoms with Gasteiger partial charge in [0.25, 0.3) is 0 Å². The molecule has 12 rings (SSSR count). The second-order valence-electron chi connectivity index (χ2n) is 14.4. The first-order valence-corrected chi connectivity index (χ1v) is 18.7. The summed E-state index contributed by atoms with van der Waals surface area (Å²) in [6, 6.07) is 45.2. The zero-order chi connectivity index (χ0) is 36.0. The number of fused-ring (bicyclic) bond motifs is 11. The van der Waals surface area contributed by atoms with Crippen molar-refractivity contribution in [2.75, 3.05) is 0 Å². The maximum absolute atomic E-state index is 5.40. The first-order valence-electron chi connectivity index (χ1n) is 18.7. The summed E-state index contributed by atoms with van der Waals surface area (Å²) in [7, 11) is 0. The van der Waals surface area contributed by atoms with Crippen LogP contribution in [0.25, 0.3) is 94.0 Å². The van der Waals surface area contributed by atoms with Crippen LogP contribution in [-0.4, -0.2) is 30.2 Å². The minimum atomic E-state index is 0.229. The fraction of sp³-hybridized carbons (Fsp3) is 0.0408. The summed E-state index contributed by atoms with van der Waals surface area (Å²) in [5.74, 6) is 1.04. The van der Waals surface area contributed by atoms with Crippen LogP contribution >= 0.6 is 0 Å². The number of aromatic nitrogens is 5. The van der Waals surface area contributed by atoms with E-state index in [1.807, 2.05) is 36.8 Å². The molecule has 1 atom stereocenters. The quantitative estimate of drug-likeness (QED) is 0.136. The van der Waals surface area contributed by atoms with E-state index in [0.29, 0.717) is 0 Å². The summed E-state index contributed by atoms with van der Waals surface area (Å²) in [4.78, 5) is 25.1. The fourth-order valence-corrected chi connectivity index (χ4v) is 8.94. The Morgan fingerprint density at radius 2 is 1.25 bits per heavy atom. The van der Waals surface area contributed by atoms with Gasteiger partial charge in [-0.3, -0.25) is 19.5 Å². The standard InChI is InChI=1S/C49H30N6/c1-3-12-36-34(10-1)43(35-11-2-4-13-37(35)44(36)40-22-19-31-17-15-29-8-5-25-50-45(29)47(31)53-40)33-20-23-41-39(28-33)38-14-7-27-52-49(38)55(41)42-24-21-32-18-16-30-9-6-26-51-46(30)48(32)54-42/h1-18,20-28,31H,19H2. The van der Waals surface area contributed by atoms with Crippen LogP contribution in [0.1, 0.15) is 23.2 Å². The molecule has 6 heterocycles. The highest BCUT2D eigenvalue weighted by atomic mass is 15.1. The van der Waals surface area contributed by atoms with Crippen molar-refractivity contribution in [2.24, 2.45) is 10.9 Å². The molecule has 10 aromatic rings. The lowest BCUT2D eigenvalue weighted by Gasteiger charge is -2.25. The van der Waals surface area contributed by atoms with E-state index in [1.54, 1.807) is 0 Å². The van der Waals surface area contributed by atoms with Crippen molar-refractivity contribution in [3.63, 3.8) is 0 Å². The van der Waals surface area contributed by atoms with Crippen LogP contribution in [0.4, 0.5) is 0 Å². The minimum Gasteiger partial charge on any atom is -0.278 e. The second-order valence-corrected chi connectivity index (χ2v) is 14.4. The van der Waals surface area contributed by atoms with E-state index in [0.717, 1.165) is 84.2 Å². The van der Waals surface area contributed by atoms with E-state index < -0.39 is 0 Å². The zero-order valence-corrected chi connectivity index (χ0v) is 29.6. The summed E-state index contributed by atoms with van der Waals surface area (Å²) in [6.45, 7) is 0. The van der Waals surface area contributed by atoms with E-state index in [9.17, 15) is 0 Å². The summed E-state index contributed by atoms with van der Waals surface area (Å²) in [5.41, 5.74) is 11.4. The lowest BCUT2D eigenvalue weighted by molar-refractivity contribution is 0.859. The van der Waals surface area contributed by atoms with Gasteiger partial charge in [-0.25, -0.2) is 9.97 Å². The van der Waals surface area contributed by atoms with Crippen LogP contribution in [0.2, 0.25) is 0 Å². The molecular weight excluding hydrogens is 673 g/mol. The van der Waals surface area contributed by atoms with Crippen LogP contribution in [-0.2, 0) is 0 Å². The van der Waals surface area contributed by atoms with Crippen molar-refractivity contribution in [3.05, 3.63) is 175 Å². The average molecular weight is 703 g/mol. The molecule has 1 aliphatic carbocycles. The first kappa shape index (κ1) is 30.2. The fourth-order valence-electron chi connectivity index (χ4n) is 8.94. The number of hydrogen-bond acceptors (Lipinski definition) is 5. The first-order chi connectivity index (χ1) is 27.3. The highest BCUT2D eigenvalue weighted by molar-refractivity contribution is 6.21. The lowest BCUT2D eigenvalue weighted by atomic mass is 9.83. The van der Waals surface area contributed by atoms with Crippen molar-refractivity contribution in [1.82, 2.24) is 24.5 Å². The van der Waals surface area contributed by atoms with Gasteiger partial charge in [0.2, 0.25) is 0 Å². The van der Waals surface area contributed by atoms with Crippen molar-refractivity contribution in [3.8, 4) is 16.9 Å². The predicted molar refractivity (Wildman–Crippen MR) is 226 cm³/mol. The normalized spacial score (nSPS) is 15.2. The summed E-state index contributed by atoms with van der Waals surface area (Å²) in [6.07, 6.45) is 13.2. The Bertz CT molecular complexity index is 3310. The molecule has 55 heavy (non-hydrogen) atoms. The Balaban J connectivity index is 1.08. The van der Waals surface area contributed by atoms with Gasteiger partial charge in [-0.15, -0.1) is 0 Å². The Kier molecular flexibility index (Phi) is 6.36. The molecule has 6 heteroatoms. The molecule has 0 saturated carbocycles. The molecule has 5 aromatic heterocycles. The molecule has 0 N–H and O–H groups in total. The summed E-state index contributed by atoms with van der Waals surface area (Å²) in [5, 5.41) is 9.08. The highest BCUT2D eigenvalue weighted by Crippen LogP contribution is 2.45. The molecule has 5 aromatic carbocycles. The Morgan fingerprint density at radius 1 is 0.564 bits per heavy atom. The monoisotopic (exact) mass is 702 g/mol. The SMILES string of the molecule is C1=CC2CC=C(c3c4ccccc4c(-c4ccc5c(c4)c4cccnc4n5-c4ccc5ccc6cccnc6c5n4)c4ccccc34)N=C2c2ncccc21.